The summed E-state index contributed by atoms with van der Waals surface area (Å²) in [7, 11) is 1.72. The van der Waals surface area contributed by atoms with Crippen LogP contribution in [0.3, 0.4) is 0 Å². The van der Waals surface area contributed by atoms with E-state index in [-0.39, 0.29) is 12.4 Å². The van der Waals surface area contributed by atoms with Crippen LogP contribution in [0.2, 0.25) is 0 Å². The van der Waals surface area contributed by atoms with E-state index >= 15 is 0 Å². The Morgan fingerprint density at radius 2 is 1.89 bits per heavy atom. The number of aryl methyl sites for hydroxylation is 1. The van der Waals surface area contributed by atoms with E-state index in [2.05, 4.69) is 49.2 Å². The summed E-state index contributed by atoms with van der Waals surface area (Å²) in [6, 6.07) is 7.63. The van der Waals surface area contributed by atoms with Crippen LogP contribution < -0.4 is 10.1 Å². The SMILES string of the molecule is COc1ccc(CN2CC(C)NC(C)C2)cc1C.Cl. The molecule has 1 heterocycles. The van der Waals surface area contributed by atoms with E-state index in [1.54, 1.807) is 7.11 Å². The fourth-order valence-corrected chi connectivity index (χ4v) is 2.87. The van der Waals surface area contributed by atoms with Crippen molar-refractivity contribution in [1.29, 1.82) is 0 Å². The molecule has 0 spiro atoms. The summed E-state index contributed by atoms with van der Waals surface area (Å²) in [5.74, 6) is 0.973. The highest BCUT2D eigenvalue weighted by Crippen LogP contribution is 2.20. The first kappa shape index (κ1) is 16.3. The molecule has 0 aromatic heterocycles. The summed E-state index contributed by atoms with van der Waals surface area (Å²) in [5.41, 5.74) is 2.58. The van der Waals surface area contributed by atoms with Crippen LogP contribution in [-0.2, 0) is 6.54 Å². The average Bonchev–Trinajstić information content (AvgIpc) is 2.27. The maximum atomic E-state index is 5.30. The standard InChI is InChI=1S/C15H24N2O.ClH/c1-11-7-14(5-6-15(11)18-4)10-17-8-12(2)16-13(3)9-17;/h5-7,12-13,16H,8-10H2,1-4H3;1H. The molecule has 3 nitrogen and oxygen atoms in total. The van der Waals surface area contributed by atoms with E-state index in [9.17, 15) is 0 Å². The molecular weight excluding hydrogens is 260 g/mol. The second kappa shape index (κ2) is 7.13. The number of halogens is 1. The lowest BCUT2D eigenvalue weighted by Crippen LogP contribution is -2.53. The molecular formula is C15H25ClN2O. The van der Waals surface area contributed by atoms with Gasteiger partial charge in [-0.15, -0.1) is 12.4 Å². The monoisotopic (exact) mass is 284 g/mol. The van der Waals surface area contributed by atoms with Gasteiger partial charge in [-0.2, -0.15) is 0 Å². The summed E-state index contributed by atoms with van der Waals surface area (Å²) in [6.45, 7) is 9.88. The van der Waals surface area contributed by atoms with Crippen LogP contribution in [-0.4, -0.2) is 37.2 Å². The molecule has 1 fully saturated rings. The molecule has 1 aliphatic rings. The van der Waals surface area contributed by atoms with Gasteiger partial charge in [0.2, 0.25) is 0 Å². The van der Waals surface area contributed by atoms with E-state index in [0.29, 0.717) is 12.1 Å². The van der Waals surface area contributed by atoms with Gasteiger partial charge in [0.25, 0.3) is 0 Å². The third-order valence-electron chi connectivity index (χ3n) is 3.50. The van der Waals surface area contributed by atoms with Crippen molar-refractivity contribution >= 4 is 12.4 Å². The number of hydrogen-bond donors (Lipinski definition) is 1. The second-order valence-corrected chi connectivity index (χ2v) is 5.47. The fraction of sp³-hybridized carbons (Fsp3) is 0.600. The van der Waals surface area contributed by atoms with Gasteiger partial charge in [-0.1, -0.05) is 12.1 Å². The summed E-state index contributed by atoms with van der Waals surface area (Å²) in [4.78, 5) is 2.52. The molecule has 1 N–H and O–H groups in total. The molecule has 2 unspecified atom stereocenters. The van der Waals surface area contributed by atoms with Crippen molar-refractivity contribution in [1.82, 2.24) is 10.2 Å². The largest absolute Gasteiger partial charge is 0.496 e. The predicted octanol–water partition coefficient (Wildman–Crippen LogP) is 2.61. The number of rotatable bonds is 3. The predicted molar refractivity (Wildman–Crippen MR) is 82.3 cm³/mol. The molecule has 108 valence electrons. The van der Waals surface area contributed by atoms with Gasteiger partial charge in [0.1, 0.15) is 5.75 Å². The lowest BCUT2D eigenvalue weighted by atomic mass is 10.1. The number of ether oxygens (including phenoxy) is 1. The Labute approximate surface area is 122 Å². The maximum Gasteiger partial charge on any atom is 0.121 e. The Balaban J connectivity index is 0.00000180. The first-order chi connectivity index (χ1) is 8.58. The molecule has 0 amide bonds. The van der Waals surface area contributed by atoms with Gasteiger partial charge in [0.15, 0.2) is 0 Å². The van der Waals surface area contributed by atoms with Crippen LogP contribution in [0.5, 0.6) is 5.75 Å². The summed E-state index contributed by atoms with van der Waals surface area (Å²) in [6.07, 6.45) is 0. The summed E-state index contributed by atoms with van der Waals surface area (Å²) >= 11 is 0. The van der Waals surface area contributed by atoms with Crippen molar-refractivity contribution < 1.29 is 4.74 Å². The van der Waals surface area contributed by atoms with Crippen LogP contribution in [0, 0.1) is 6.92 Å². The Bertz CT molecular complexity index is 401. The minimum absolute atomic E-state index is 0. The van der Waals surface area contributed by atoms with Gasteiger partial charge in [0, 0.05) is 31.7 Å². The minimum atomic E-state index is 0. The Hall–Kier alpha value is -0.770. The molecule has 1 aromatic rings. The first-order valence-corrected chi connectivity index (χ1v) is 6.70. The zero-order chi connectivity index (χ0) is 13.1. The van der Waals surface area contributed by atoms with E-state index in [1.165, 1.54) is 11.1 Å². The number of piperazine rings is 1. The molecule has 1 aliphatic heterocycles. The van der Waals surface area contributed by atoms with Crippen molar-refractivity contribution in [2.75, 3.05) is 20.2 Å². The average molecular weight is 285 g/mol. The molecule has 19 heavy (non-hydrogen) atoms. The maximum absolute atomic E-state index is 5.30. The van der Waals surface area contributed by atoms with Crippen LogP contribution in [0.15, 0.2) is 18.2 Å². The van der Waals surface area contributed by atoms with Gasteiger partial charge in [-0.25, -0.2) is 0 Å². The first-order valence-electron chi connectivity index (χ1n) is 6.70. The van der Waals surface area contributed by atoms with Gasteiger partial charge < -0.3 is 10.1 Å². The molecule has 0 radical (unpaired) electrons. The highest BCUT2D eigenvalue weighted by molar-refractivity contribution is 5.85. The summed E-state index contributed by atoms with van der Waals surface area (Å²) in [5, 5.41) is 3.56. The third-order valence-corrected chi connectivity index (χ3v) is 3.50. The van der Waals surface area contributed by atoms with Crippen molar-refractivity contribution in [2.45, 2.75) is 39.4 Å². The van der Waals surface area contributed by atoms with Crippen LogP contribution in [0.1, 0.15) is 25.0 Å². The molecule has 0 bridgehead atoms. The Morgan fingerprint density at radius 1 is 1.26 bits per heavy atom. The summed E-state index contributed by atoms with van der Waals surface area (Å²) < 4.78 is 5.30. The highest BCUT2D eigenvalue weighted by atomic mass is 35.5. The lowest BCUT2D eigenvalue weighted by Gasteiger charge is -2.36. The highest BCUT2D eigenvalue weighted by Gasteiger charge is 2.20. The number of methoxy groups -OCH3 is 1. The van der Waals surface area contributed by atoms with E-state index < -0.39 is 0 Å². The molecule has 4 heteroatoms. The van der Waals surface area contributed by atoms with Crippen molar-refractivity contribution in [3.63, 3.8) is 0 Å². The van der Waals surface area contributed by atoms with Crippen LogP contribution in [0.25, 0.3) is 0 Å². The van der Waals surface area contributed by atoms with Crippen LogP contribution in [0.4, 0.5) is 0 Å². The van der Waals surface area contributed by atoms with E-state index in [0.717, 1.165) is 25.4 Å². The molecule has 1 saturated heterocycles. The number of benzene rings is 1. The molecule has 2 rings (SSSR count). The minimum Gasteiger partial charge on any atom is -0.496 e. The van der Waals surface area contributed by atoms with Gasteiger partial charge >= 0.3 is 0 Å². The number of nitrogens with one attached hydrogen (secondary N) is 1. The Kier molecular flexibility index (Phi) is 6.11. The fourth-order valence-electron chi connectivity index (χ4n) is 2.87. The van der Waals surface area contributed by atoms with Gasteiger partial charge in [0.05, 0.1) is 7.11 Å². The van der Waals surface area contributed by atoms with E-state index in [1.807, 2.05) is 0 Å². The normalized spacial score (nSPS) is 23.8. The Morgan fingerprint density at radius 3 is 2.42 bits per heavy atom. The molecule has 2 atom stereocenters. The van der Waals surface area contributed by atoms with E-state index in [4.69, 9.17) is 4.74 Å². The topological polar surface area (TPSA) is 24.5 Å². The zero-order valence-corrected chi connectivity index (χ0v) is 13.1. The van der Waals surface area contributed by atoms with Gasteiger partial charge in [-0.05, 0) is 38.0 Å². The van der Waals surface area contributed by atoms with Crippen molar-refractivity contribution in [3.05, 3.63) is 29.3 Å². The quantitative estimate of drug-likeness (QED) is 0.923. The zero-order valence-electron chi connectivity index (χ0n) is 12.3. The smallest absolute Gasteiger partial charge is 0.121 e. The molecule has 0 saturated carbocycles. The number of hydrogen-bond acceptors (Lipinski definition) is 3. The number of nitrogens with zero attached hydrogens (tertiary/aromatic N) is 1. The van der Waals surface area contributed by atoms with Gasteiger partial charge in [-0.3, -0.25) is 4.90 Å². The van der Waals surface area contributed by atoms with Crippen molar-refractivity contribution in [2.24, 2.45) is 0 Å². The third kappa shape index (κ3) is 4.37. The molecule has 1 aromatic carbocycles. The molecule has 0 aliphatic carbocycles. The van der Waals surface area contributed by atoms with Crippen LogP contribution >= 0.6 is 12.4 Å². The lowest BCUT2D eigenvalue weighted by molar-refractivity contribution is 0.166. The van der Waals surface area contributed by atoms with Crippen molar-refractivity contribution in [3.8, 4) is 5.75 Å². The second-order valence-electron chi connectivity index (χ2n) is 5.47.